The number of carboxylic acids is 1. The molecule has 0 bridgehead atoms. The van der Waals surface area contributed by atoms with Crippen molar-refractivity contribution in [3.05, 3.63) is 35.9 Å². The molecule has 3 N–H and O–H groups in total. The summed E-state index contributed by atoms with van der Waals surface area (Å²) in [7, 11) is 0. The van der Waals surface area contributed by atoms with Gasteiger partial charge in [-0.15, -0.1) is 0 Å². The van der Waals surface area contributed by atoms with Gasteiger partial charge in [-0.2, -0.15) is 5.06 Å². The molecule has 1 aromatic rings. The molecule has 0 aliphatic carbocycles. The fourth-order valence-electron chi connectivity index (χ4n) is 1.14. The Morgan fingerprint density at radius 3 is 2.47 bits per heavy atom. The predicted molar refractivity (Wildman–Crippen MR) is 52.0 cm³/mol. The maximum atomic E-state index is 10.3. The highest BCUT2D eigenvalue weighted by molar-refractivity contribution is 5.67. The molecular formula is C10H13NO4. The lowest BCUT2D eigenvalue weighted by atomic mass is 10.2. The van der Waals surface area contributed by atoms with Crippen LogP contribution in [0.15, 0.2) is 30.3 Å². The van der Waals surface area contributed by atoms with E-state index in [0.717, 1.165) is 5.56 Å². The van der Waals surface area contributed by atoms with Crippen LogP contribution in [0.1, 0.15) is 12.0 Å². The molecule has 1 aromatic carbocycles. The second-order valence-electron chi connectivity index (χ2n) is 3.16. The first-order chi connectivity index (χ1) is 7.09. The zero-order valence-electron chi connectivity index (χ0n) is 8.08. The summed E-state index contributed by atoms with van der Waals surface area (Å²) in [5.74, 6) is -1.16. The van der Waals surface area contributed by atoms with Crippen LogP contribution in [0.2, 0.25) is 0 Å². The first-order valence-electron chi connectivity index (χ1n) is 4.49. The summed E-state index contributed by atoms with van der Waals surface area (Å²) in [6.45, 7) is 0.0925. The van der Waals surface area contributed by atoms with Gasteiger partial charge in [-0.3, -0.25) is 4.79 Å². The van der Waals surface area contributed by atoms with Gasteiger partial charge < -0.3 is 15.4 Å². The highest BCUT2D eigenvalue weighted by Crippen LogP contribution is 2.06. The largest absolute Gasteiger partial charge is 0.481 e. The van der Waals surface area contributed by atoms with Gasteiger partial charge >= 0.3 is 5.97 Å². The lowest BCUT2D eigenvalue weighted by molar-refractivity contribution is -0.208. The van der Waals surface area contributed by atoms with Crippen molar-refractivity contribution in [2.45, 2.75) is 19.2 Å². The standard InChI is InChI=1S/C10H13NO4/c12-9(6-10(13)14)11(15)7-8-4-2-1-3-5-8/h1-5,9,12,15H,6-7H2,(H,13,14). The summed E-state index contributed by atoms with van der Waals surface area (Å²) in [6.07, 6.45) is -1.90. The molecule has 0 amide bonds. The molecule has 5 nitrogen and oxygen atoms in total. The van der Waals surface area contributed by atoms with Gasteiger partial charge in [0.25, 0.3) is 0 Å². The number of aliphatic hydroxyl groups is 1. The van der Waals surface area contributed by atoms with Crippen molar-refractivity contribution >= 4 is 5.97 Å². The molecule has 0 fully saturated rings. The third-order valence-electron chi connectivity index (χ3n) is 1.89. The van der Waals surface area contributed by atoms with Crippen LogP contribution in [0.3, 0.4) is 0 Å². The van der Waals surface area contributed by atoms with E-state index in [-0.39, 0.29) is 6.54 Å². The van der Waals surface area contributed by atoms with E-state index in [1.54, 1.807) is 24.3 Å². The zero-order valence-corrected chi connectivity index (χ0v) is 8.08. The molecular weight excluding hydrogens is 198 g/mol. The SMILES string of the molecule is O=C(O)CC(O)N(O)Cc1ccccc1. The summed E-state index contributed by atoms with van der Waals surface area (Å²) in [5.41, 5.74) is 0.796. The second kappa shape index (κ2) is 5.45. The number of aliphatic hydroxyl groups excluding tert-OH is 1. The van der Waals surface area contributed by atoms with Crippen molar-refractivity contribution < 1.29 is 20.2 Å². The Kier molecular flexibility index (Phi) is 4.23. The molecule has 0 saturated carbocycles. The van der Waals surface area contributed by atoms with Crippen molar-refractivity contribution in [1.29, 1.82) is 0 Å². The summed E-state index contributed by atoms with van der Waals surface area (Å²) < 4.78 is 0. The fourth-order valence-corrected chi connectivity index (χ4v) is 1.14. The average molecular weight is 211 g/mol. The molecule has 1 unspecified atom stereocenters. The molecule has 15 heavy (non-hydrogen) atoms. The minimum atomic E-state index is -1.39. The van der Waals surface area contributed by atoms with Gasteiger partial charge in [0.15, 0.2) is 0 Å². The van der Waals surface area contributed by atoms with Gasteiger partial charge in [0, 0.05) is 0 Å². The first kappa shape index (κ1) is 11.6. The third kappa shape index (κ3) is 4.07. The van der Waals surface area contributed by atoms with Crippen molar-refractivity contribution in [1.82, 2.24) is 5.06 Å². The Hall–Kier alpha value is -1.43. The van der Waals surface area contributed by atoms with Crippen LogP contribution in [0, 0.1) is 0 Å². The van der Waals surface area contributed by atoms with Crippen molar-refractivity contribution in [3.8, 4) is 0 Å². The number of aliphatic carboxylic acids is 1. The summed E-state index contributed by atoms with van der Waals surface area (Å²) in [4.78, 5) is 10.3. The second-order valence-corrected chi connectivity index (χ2v) is 3.16. The minimum absolute atomic E-state index is 0.0925. The Morgan fingerprint density at radius 2 is 1.93 bits per heavy atom. The van der Waals surface area contributed by atoms with E-state index in [1.807, 2.05) is 6.07 Å². The van der Waals surface area contributed by atoms with Crippen LogP contribution in [-0.2, 0) is 11.3 Å². The number of hydrogen-bond acceptors (Lipinski definition) is 4. The van der Waals surface area contributed by atoms with E-state index in [9.17, 15) is 15.1 Å². The normalized spacial score (nSPS) is 12.7. The Morgan fingerprint density at radius 1 is 1.33 bits per heavy atom. The van der Waals surface area contributed by atoms with Crippen LogP contribution in [0.5, 0.6) is 0 Å². The lowest BCUT2D eigenvalue weighted by Crippen LogP contribution is -2.33. The summed E-state index contributed by atoms with van der Waals surface area (Å²) in [5, 5.41) is 27.6. The number of rotatable bonds is 5. The van der Waals surface area contributed by atoms with Crippen LogP contribution >= 0.6 is 0 Å². The monoisotopic (exact) mass is 211 g/mol. The third-order valence-corrected chi connectivity index (χ3v) is 1.89. The van der Waals surface area contributed by atoms with Gasteiger partial charge in [0.1, 0.15) is 6.23 Å². The van der Waals surface area contributed by atoms with E-state index in [2.05, 4.69) is 0 Å². The van der Waals surface area contributed by atoms with Gasteiger partial charge in [-0.25, -0.2) is 0 Å². The van der Waals surface area contributed by atoms with E-state index in [1.165, 1.54) is 0 Å². The van der Waals surface area contributed by atoms with E-state index in [0.29, 0.717) is 5.06 Å². The number of benzene rings is 1. The van der Waals surface area contributed by atoms with Crippen molar-refractivity contribution in [2.24, 2.45) is 0 Å². The number of hydrogen-bond donors (Lipinski definition) is 3. The Balaban J connectivity index is 2.48. The van der Waals surface area contributed by atoms with Crippen molar-refractivity contribution in [3.63, 3.8) is 0 Å². The van der Waals surface area contributed by atoms with E-state index in [4.69, 9.17) is 5.11 Å². The van der Waals surface area contributed by atoms with Gasteiger partial charge in [-0.05, 0) is 5.56 Å². The molecule has 0 radical (unpaired) electrons. The molecule has 0 heterocycles. The van der Waals surface area contributed by atoms with Crippen LogP contribution in [0.25, 0.3) is 0 Å². The van der Waals surface area contributed by atoms with Crippen molar-refractivity contribution in [2.75, 3.05) is 0 Å². The first-order valence-corrected chi connectivity index (χ1v) is 4.49. The zero-order chi connectivity index (χ0) is 11.3. The average Bonchev–Trinajstić information content (AvgIpc) is 2.18. The smallest absolute Gasteiger partial charge is 0.307 e. The maximum absolute atomic E-state index is 10.3. The summed E-state index contributed by atoms with van der Waals surface area (Å²) >= 11 is 0. The van der Waals surface area contributed by atoms with E-state index >= 15 is 0 Å². The minimum Gasteiger partial charge on any atom is -0.481 e. The predicted octanol–water partition coefficient (Wildman–Crippen LogP) is 0.671. The molecule has 0 aliphatic heterocycles. The van der Waals surface area contributed by atoms with E-state index < -0.39 is 18.6 Å². The van der Waals surface area contributed by atoms with Gasteiger partial charge in [0.2, 0.25) is 0 Å². The molecule has 0 saturated heterocycles. The number of nitrogens with zero attached hydrogens (tertiary/aromatic N) is 1. The molecule has 1 rings (SSSR count). The number of hydroxylamine groups is 2. The fraction of sp³-hybridized carbons (Fsp3) is 0.300. The van der Waals surface area contributed by atoms with Crippen LogP contribution in [-0.4, -0.2) is 32.7 Å². The molecule has 82 valence electrons. The van der Waals surface area contributed by atoms with Gasteiger partial charge in [0.05, 0.1) is 13.0 Å². The molecule has 1 atom stereocenters. The number of carbonyl (C=O) groups is 1. The molecule has 0 spiro atoms. The topological polar surface area (TPSA) is 81.0 Å². The summed E-state index contributed by atoms with van der Waals surface area (Å²) in [6, 6.07) is 8.98. The molecule has 0 aromatic heterocycles. The number of carboxylic acid groups (broad SMARTS) is 1. The Labute approximate surface area is 87.1 Å². The van der Waals surface area contributed by atoms with Crippen LogP contribution in [0.4, 0.5) is 0 Å². The quantitative estimate of drug-likeness (QED) is 0.492. The Bertz CT molecular complexity index is 314. The maximum Gasteiger partial charge on any atom is 0.307 e. The lowest BCUT2D eigenvalue weighted by Gasteiger charge is -2.19. The highest BCUT2D eigenvalue weighted by Gasteiger charge is 2.16. The highest BCUT2D eigenvalue weighted by atomic mass is 16.5. The van der Waals surface area contributed by atoms with Crippen LogP contribution < -0.4 is 0 Å². The molecule has 5 heteroatoms. The van der Waals surface area contributed by atoms with Gasteiger partial charge in [-0.1, -0.05) is 30.3 Å². The molecule has 0 aliphatic rings.